The van der Waals surface area contributed by atoms with Crippen LogP contribution in [-0.4, -0.2) is 4.98 Å². The van der Waals surface area contributed by atoms with E-state index >= 15 is 0 Å². The van der Waals surface area contributed by atoms with Crippen LogP contribution in [0.1, 0.15) is 50.6 Å². The van der Waals surface area contributed by atoms with Crippen LogP contribution in [0.4, 0.5) is 0 Å². The molecule has 0 bridgehead atoms. The molecule has 0 aliphatic heterocycles. The summed E-state index contributed by atoms with van der Waals surface area (Å²) >= 11 is 1.89. The largest absolute Gasteiger partial charge is 0.454 e. The Morgan fingerprint density at radius 3 is 2.49 bits per heavy atom. The average Bonchev–Trinajstić information content (AvgIpc) is 3.35. The maximum atomic E-state index is 6.56. The monoisotopic (exact) mass is 477 g/mol. The van der Waals surface area contributed by atoms with Gasteiger partial charge in [0.25, 0.3) is 0 Å². The lowest BCUT2D eigenvalue weighted by Crippen LogP contribution is -2.12. The smallest absolute Gasteiger partial charge is 0.153 e. The third-order valence-corrected chi connectivity index (χ3v) is 8.42. The van der Waals surface area contributed by atoms with Crippen molar-refractivity contribution in [1.82, 2.24) is 4.98 Å². The lowest BCUT2D eigenvalue weighted by molar-refractivity contribution is 0.596. The minimum Gasteiger partial charge on any atom is -0.454 e. The van der Waals surface area contributed by atoms with Gasteiger partial charge in [0.05, 0.1) is 15.8 Å². The summed E-state index contributed by atoms with van der Waals surface area (Å²) in [5, 5.41) is 6.12. The van der Waals surface area contributed by atoms with Crippen LogP contribution in [0.2, 0.25) is 0 Å². The van der Waals surface area contributed by atoms with Crippen LogP contribution in [-0.2, 0) is 11.8 Å². The second-order valence-electron chi connectivity index (χ2n) is 11.2. The van der Waals surface area contributed by atoms with Crippen molar-refractivity contribution in [3.05, 3.63) is 76.8 Å². The first-order valence-corrected chi connectivity index (χ1v) is 13.3. The molecule has 3 heterocycles. The van der Waals surface area contributed by atoms with Gasteiger partial charge in [-0.3, -0.25) is 4.98 Å². The third-order valence-electron chi connectivity index (χ3n) is 7.09. The first kappa shape index (κ1) is 22.3. The van der Waals surface area contributed by atoms with Crippen LogP contribution in [0, 0.1) is 12.8 Å². The molecule has 0 amide bonds. The topological polar surface area (TPSA) is 26.0 Å². The summed E-state index contributed by atoms with van der Waals surface area (Å²) < 4.78 is 7.81. The summed E-state index contributed by atoms with van der Waals surface area (Å²) in [5.74, 6) is 0.633. The first-order valence-electron chi connectivity index (χ1n) is 12.5. The van der Waals surface area contributed by atoms with E-state index in [0.717, 1.165) is 39.6 Å². The molecule has 0 saturated carbocycles. The van der Waals surface area contributed by atoms with Crippen LogP contribution < -0.4 is 0 Å². The molecule has 3 aromatic heterocycles. The van der Waals surface area contributed by atoms with E-state index in [0.29, 0.717) is 5.92 Å². The molecule has 35 heavy (non-hydrogen) atoms. The molecule has 0 saturated heterocycles. The van der Waals surface area contributed by atoms with Crippen molar-refractivity contribution in [3.63, 3.8) is 0 Å². The van der Waals surface area contributed by atoms with Crippen molar-refractivity contribution in [2.24, 2.45) is 5.92 Å². The Kier molecular flexibility index (Phi) is 5.05. The highest BCUT2D eigenvalue weighted by molar-refractivity contribution is 7.20. The molecule has 0 N–H and O–H groups in total. The van der Waals surface area contributed by atoms with E-state index in [1.807, 2.05) is 23.6 Å². The molecule has 0 radical (unpaired) electrons. The van der Waals surface area contributed by atoms with Crippen LogP contribution in [0.25, 0.3) is 54.1 Å². The van der Waals surface area contributed by atoms with Gasteiger partial charge in [0.15, 0.2) is 5.58 Å². The maximum absolute atomic E-state index is 6.56. The highest BCUT2D eigenvalue weighted by atomic mass is 32.1. The summed E-state index contributed by atoms with van der Waals surface area (Å²) in [7, 11) is 0. The van der Waals surface area contributed by atoms with Crippen molar-refractivity contribution in [1.29, 1.82) is 0 Å². The minimum atomic E-state index is 0.0233. The number of fused-ring (bicyclic) bond motifs is 6. The molecule has 0 atom stereocenters. The molecule has 0 aliphatic carbocycles. The van der Waals surface area contributed by atoms with Gasteiger partial charge in [-0.25, -0.2) is 0 Å². The maximum Gasteiger partial charge on any atom is 0.153 e. The number of hydrogen-bond donors (Lipinski definition) is 0. The lowest BCUT2D eigenvalue weighted by atomic mass is 9.82. The summed E-state index contributed by atoms with van der Waals surface area (Å²) in [6.07, 6.45) is 2.99. The van der Waals surface area contributed by atoms with Crippen molar-refractivity contribution >= 4 is 54.1 Å². The van der Waals surface area contributed by atoms with Crippen LogP contribution in [0.5, 0.6) is 0 Å². The zero-order valence-electron chi connectivity index (χ0n) is 21.3. The van der Waals surface area contributed by atoms with Gasteiger partial charge >= 0.3 is 0 Å². The first-order chi connectivity index (χ1) is 16.7. The van der Waals surface area contributed by atoms with Gasteiger partial charge in [0.2, 0.25) is 0 Å². The molecule has 0 fully saturated rings. The minimum absolute atomic E-state index is 0.0233. The molecule has 0 aliphatic rings. The standard InChI is InChI=1S/C32H31NOS/c1-18(2)15-27-19(3)22-11-12-24-28-26(34-30(24)31(22)35-27)13-14-33-29(28)21-16-20-9-7-8-10-23(20)25(17-21)32(4,5)6/h7-14,16-18H,15H2,1-6H3. The molecule has 176 valence electrons. The summed E-state index contributed by atoms with van der Waals surface area (Å²) in [4.78, 5) is 6.38. The Labute approximate surface area is 210 Å². The molecular formula is C32H31NOS. The fourth-order valence-corrected chi connectivity index (χ4v) is 6.86. The van der Waals surface area contributed by atoms with Crippen LogP contribution >= 0.6 is 11.3 Å². The van der Waals surface area contributed by atoms with Gasteiger partial charge in [-0.1, -0.05) is 65.0 Å². The summed E-state index contributed by atoms with van der Waals surface area (Å²) in [6, 6.07) is 19.8. The van der Waals surface area contributed by atoms with E-state index in [-0.39, 0.29) is 5.41 Å². The average molecular weight is 478 g/mol. The normalized spacial score (nSPS) is 12.7. The van der Waals surface area contributed by atoms with E-state index in [4.69, 9.17) is 9.40 Å². The van der Waals surface area contributed by atoms with Gasteiger partial charge < -0.3 is 4.42 Å². The van der Waals surface area contributed by atoms with Crippen LogP contribution in [0.15, 0.2) is 65.2 Å². The number of aromatic nitrogens is 1. The molecule has 0 unspecified atom stereocenters. The number of thiophene rings is 1. The zero-order chi connectivity index (χ0) is 24.5. The van der Waals surface area contributed by atoms with Gasteiger partial charge in [-0.05, 0) is 76.2 Å². The van der Waals surface area contributed by atoms with Gasteiger partial charge in [-0.2, -0.15) is 0 Å². The number of furan rings is 1. The van der Waals surface area contributed by atoms with Gasteiger partial charge in [0, 0.05) is 22.0 Å². The van der Waals surface area contributed by atoms with E-state index in [9.17, 15) is 0 Å². The number of benzene rings is 3. The van der Waals surface area contributed by atoms with Gasteiger partial charge in [0.1, 0.15) is 5.58 Å². The molecule has 3 heteroatoms. The molecule has 0 spiro atoms. The molecular weight excluding hydrogens is 446 g/mol. The highest BCUT2D eigenvalue weighted by Gasteiger charge is 2.22. The number of hydrogen-bond acceptors (Lipinski definition) is 3. The predicted octanol–water partition coefficient (Wildman–Crippen LogP) is 9.82. The quantitative estimate of drug-likeness (QED) is 0.253. The fourth-order valence-electron chi connectivity index (χ4n) is 5.36. The second kappa shape index (κ2) is 7.93. The SMILES string of the molecule is Cc1c(CC(C)C)sc2c1ccc1c2oc2ccnc(-c3cc(C(C)(C)C)c4ccccc4c3)c21. The van der Waals surface area contributed by atoms with E-state index < -0.39 is 0 Å². The number of aryl methyl sites for hydroxylation is 1. The van der Waals surface area contributed by atoms with E-state index in [2.05, 4.69) is 90.1 Å². The lowest BCUT2D eigenvalue weighted by Gasteiger charge is -2.22. The van der Waals surface area contributed by atoms with E-state index in [1.54, 1.807) is 0 Å². The molecule has 6 aromatic rings. The van der Waals surface area contributed by atoms with Crippen molar-refractivity contribution in [3.8, 4) is 11.3 Å². The number of pyridine rings is 1. The molecule has 6 rings (SSSR count). The Bertz CT molecular complexity index is 1740. The third kappa shape index (κ3) is 3.56. The zero-order valence-corrected chi connectivity index (χ0v) is 22.1. The molecule has 2 nitrogen and oxygen atoms in total. The number of rotatable bonds is 3. The van der Waals surface area contributed by atoms with Crippen molar-refractivity contribution in [2.45, 2.75) is 53.4 Å². The number of nitrogens with zero attached hydrogens (tertiary/aromatic N) is 1. The Morgan fingerprint density at radius 2 is 1.71 bits per heavy atom. The predicted molar refractivity (Wildman–Crippen MR) is 152 cm³/mol. The summed E-state index contributed by atoms with van der Waals surface area (Å²) in [6.45, 7) is 13.7. The van der Waals surface area contributed by atoms with Crippen molar-refractivity contribution in [2.75, 3.05) is 0 Å². The van der Waals surface area contributed by atoms with Crippen LogP contribution in [0.3, 0.4) is 0 Å². The Morgan fingerprint density at radius 1 is 0.943 bits per heavy atom. The second-order valence-corrected chi connectivity index (χ2v) is 12.3. The molecule has 3 aromatic carbocycles. The van der Waals surface area contributed by atoms with Gasteiger partial charge in [-0.15, -0.1) is 11.3 Å². The van der Waals surface area contributed by atoms with Crippen molar-refractivity contribution < 1.29 is 4.42 Å². The highest BCUT2D eigenvalue weighted by Crippen LogP contribution is 2.44. The summed E-state index contributed by atoms with van der Waals surface area (Å²) in [5.41, 5.74) is 6.79. The fraction of sp³-hybridized carbons (Fsp3) is 0.281. The van der Waals surface area contributed by atoms with E-state index in [1.165, 1.54) is 36.9 Å². The Balaban J connectivity index is 1.66. The Hall–Kier alpha value is -3.17.